The second-order valence-electron chi connectivity index (χ2n) is 3.91. The number of ether oxygens (including phenoxy) is 1. The highest BCUT2D eigenvalue weighted by molar-refractivity contribution is 6.31. The zero-order valence-corrected chi connectivity index (χ0v) is 9.50. The largest absolute Gasteiger partial charge is 0.367 e. The van der Waals surface area contributed by atoms with Crippen LogP contribution in [0.25, 0.3) is 10.8 Å². The molecule has 4 nitrogen and oxygen atoms in total. The third-order valence-electron chi connectivity index (χ3n) is 2.82. The van der Waals surface area contributed by atoms with Crippen molar-refractivity contribution in [3.05, 3.63) is 44.8 Å². The molecule has 0 saturated carbocycles. The first-order valence-corrected chi connectivity index (χ1v) is 5.50. The highest BCUT2D eigenvalue weighted by atomic mass is 35.5. The van der Waals surface area contributed by atoms with Gasteiger partial charge in [-0.15, -0.1) is 0 Å². The third-order valence-corrected chi connectivity index (χ3v) is 3.06. The zero-order valence-electron chi connectivity index (χ0n) is 8.75. The Morgan fingerprint density at radius 2 is 2.00 bits per heavy atom. The van der Waals surface area contributed by atoms with Crippen LogP contribution in [-0.2, 0) is 11.3 Å². The molecular formula is C12H8ClNO3. The molecule has 17 heavy (non-hydrogen) atoms. The van der Waals surface area contributed by atoms with Crippen LogP contribution in [-0.4, -0.2) is 17.4 Å². The number of rotatable bonds is 0. The Morgan fingerprint density at radius 1 is 1.18 bits per heavy atom. The maximum Gasteiger partial charge on any atom is 0.256 e. The summed E-state index contributed by atoms with van der Waals surface area (Å²) in [7, 11) is 0. The van der Waals surface area contributed by atoms with Gasteiger partial charge in [-0.25, -0.2) is 0 Å². The molecular weight excluding hydrogens is 242 g/mol. The minimum Gasteiger partial charge on any atom is -0.367 e. The molecule has 0 fully saturated rings. The molecule has 1 N–H and O–H groups in total. The predicted molar refractivity (Wildman–Crippen MR) is 63.6 cm³/mol. The van der Waals surface area contributed by atoms with Gasteiger partial charge < -0.3 is 9.72 Å². The fourth-order valence-electron chi connectivity index (χ4n) is 2.10. The fraction of sp³-hybridized carbons (Fsp3) is 0.167. The second kappa shape index (κ2) is 3.68. The number of nitrogens with one attached hydrogen (secondary N) is 1. The summed E-state index contributed by atoms with van der Waals surface area (Å²) in [5.41, 5.74) is 0.836. The zero-order chi connectivity index (χ0) is 12.0. The van der Waals surface area contributed by atoms with Gasteiger partial charge in [-0.1, -0.05) is 17.7 Å². The standard InChI is InChI=1S/C12H8ClNO3/c13-6-1-2-7-8(3-6)12(16)14-9-4-17-5-10(15)11(7)9/h1-3H,4-5H2,(H,14,16). The molecule has 1 aromatic carbocycles. The van der Waals surface area contributed by atoms with Gasteiger partial charge in [0.15, 0.2) is 5.78 Å². The molecule has 1 aromatic heterocycles. The number of hydrogen-bond donors (Lipinski definition) is 1. The average molecular weight is 250 g/mol. The smallest absolute Gasteiger partial charge is 0.256 e. The van der Waals surface area contributed by atoms with Crippen molar-refractivity contribution >= 4 is 28.2 Å². The van der Waals surface area contributed by atoms with Crippen LogP contribution < -0.4 is 5.56 Å². The molecule has 86 valence electrons. The summed E-state index contributed by atoms with van der Waals surface area (Å²) >= 11 is 5.85. The Balaban J connectivity index is 2.48. The van der Waals surface area contributed by atoms with Gasteiger partial charge in [0.1, 0.15) is 6.61 Å². The number of aromatic nitrogens is 1. The Bertz CT molecular complexity index is 690. The van der Waals surface area contributed by atoms with Gasteiger partial charge in [-0.05, 0) is 12.1 Å². The van der Waals surface area contributed by atoms with E-state index in [2.05, 4.69) is 4.98 Å². The van der Waals surface area contributed by atoms with E-state index in [1.54, 1.807) is 18.2 Å². The van der Waals surface area contributed by atoms with E-state index in [0.29, 0.717) is 27.1 Å². The van der Waals surface area contributed by atoms with E-state index in [0.717, 1.165) is 0 Å². The summed E-state index contributed by atoms with van der Waals surface area (Å²) < 4.78 is 5.09. The molecule has 0 spiro atoms. The maximum absolute atomic E-state index is 11.8. The molecule has 5 heteroatoms. The molecule has 0 radical (unpaired) electrons. The number of H-pyrrole nitrogens is 1. The summed E-state index contributed by atoms with van der Waals surface area (Å²) in [5.74, 6) is -0.116. The summed E-state index contributed by atoms with van der Waals surface area (Å²) in [5, 5.41) is 1.55. The molecule has 0 atom stereocenters. The van der Waals surface area contributed by atoms with E-state index >= 15 is 0 Å². The molecule has 0 unspecified atom stereocenters. The lowest BCUT2D eigenvalue weighted by molar-refractivity contribution is 0.0657. The van der Waals surface area contributed by atoms with Crippen molar-refractivity contribution < 1.29 is 9.53 Å². The fourth-order valence-corrected chi connectivity index (χ4v) is 2.27. The number of carbonyl (C=O) groups excluding carboxylic acids is 1. The van der Waals surface area contributed by atoms with E-state index in [4.69, 9.17) is 16.3 Å². The maximum atomic E-state index is 11.8. The quantitative estimate of drug-likeness (QED) is 0.776. The second-order valence-corrected chi connectivity index (χ2v) is 4.35. The van der Waals surface area contributed by atoms with Gasteiger partial charge in [0.2, 0.25) is 0 Å². The van der Waals surface area contributed by atoms with Crippen LogP contribution in [0.1, 0.15) is 16.1 Å². The minimum absolute atomic E-state index is 0.0524. The first-order chi connectivity index (χ1) is 8.16. The Morgan fingerprint density at radius 3 is 2.82 bits per heavy atom. The Kier molecular flexibility index (Phi) is 2.28. The van der Waals surface area contributed by atoms with Crippen LogP contribution in [0, 0.1) is 0 Å². The number of benzene rings is 1. The number of hydrogen-bond acceptors (Lipinski definition) is 3. The molecule has 3 rings (SSSR count). The number of halogens is 1. The van der Waals surface area contributed by atoms with Crippen molar-refractivity contribution in [1.29, 1.82) is 0 Å². The van der Waals surface area contributed by atoms with E-state index in [1.807, 2.05) is 0 Å². The van der Waals surface area contributed by atoms with Crippen molar-refractivity contribution in [2.24, 2.45) is 0 Å². The van der Waals surface area contributed by atoms with Crippen LogP contribution in [0.5, 0.6) is 0 Å². The average Bonchev–Trinajstić information content (AvgIpc) is 2.30. The molecule has 2 aromatic rings. The van der Waals surface area contributed by atoms with Crippen molar-refractivity contribution in [3.8, 4) is 0 Å². The van der Waals surface area contributed by atoms with Gasteiger partial charge >= 0.3 is 0 Å². The van der Waals surface area contributed by atoms with E-state index in [-0.39, 0.29) is 24.6 Å². The molecule has 0 saturated heterocycles. The van der Waals surface area contributed by atoms with Crippen LogP contribution >= 0.6 is 11.6 Å². The molecule has 2 heterocycles. The lowest BCUT2D eigenvalue weighted by atomic mass is 10.00. The van der Waals surface area contributed by atoms with Crippen molar-refractivity contribution in [1.82, 2.24) is 4.98 Å². The molecule has 1 aliphatic heterocycles. The van der Waals surface area contributed by atoms with Crippen LogP contribution in [0.15, 0.2) is 23.0 Å². The van der Waals surface area contributed by atoms with E-state index in [1.165, 1.54) is 0 Å². The number of aromatic amines is 1. The topological polar surface area (TPSA) is 59.2 Å². The molecule has 0 amide bonds. The number of fused-ring (bicyclic) bond motifs is 3. The number of carbonyl (C=O) groups is 1. The Labute approximate surface area is 101 Å². The monoisotopic (exact) mass is 249 g/mol. The van der Waals surface area contributed by atoms with E-state index < -0.39 is 0 Å². The highest BCUT2D eigenvalue weighted by Crippen LogP contribution is 2.24. The van der Waals surface area contributed by atoms with Gasteiger partial charge in [-0.2, -0.15) is 0 Å². The first kappa shape index (κ1) is 10.5. The lowest BCUT2D eigenvalue weighted by Crippen LogP contribution is -2.24. The van der Waals surface area contributed by atoms with Crippen molar-refractivity contribution in [3.63, 3.8) is 0 Å². The highest BCUT2D eigenvalue weighted by Gasteiger charge is 2.22. The summed E-state index contributed by atoms with van der Waals surface area (Å²) in [6, 6.07) is 4.94. The van der Waals surface area contributed by atoms with Gasteiger partial charge in [0, 0.05) is 21.4 Å². The third kappa shape index (κ3) is 1.57. The van der Waals surface area contributed by atoms with Crippen LogP contribution in [0.4, 0.5) is 0 Å². The summed E-state index contributed by atoms with van der Waals surface area (Å²) in [4.78, 5) is 26.3. The summed E-state index contributed by atoms with van der Waals surface area (Å²) in [6.07, 6.45) is 0. The van der Waals surface area contributed by atoms with E-state index in [9.17, 15) is 9.59 Å². The minimum atomic E-state index is -0.250. The number of ketones is 1. The Hall–Kier alpha value is -1.65. The normalized spacial score (nSPS) is 15.0. The van der Waals surface area contributed by atoms with Crippen LogP contribution in [0.3, 0.4) is 0 Å². The van der Waals surface area contributed by atoms with Gasteiger partial charge in [0.25, 0.3) is 5.56 Å². The number of pyridine rings is 1. The molecule has 1 aliphatic rings. The number of Topliss-reactive ketones (excluding diaryl/α,β-unsaturated/α-hetero) is 1. The molecule has 0 aliphatic carbocycles. The van der Waals surface area contributed by atoms with Gasteiger partial charge in [-0.3, -0.25) is 9.59 Å². The SMILES string of the molecule is O=C1COCc2[nH]c(=O)c3cc(Cl)ccc3c21. The van der Waals surface area contributed by atoms with Crippen molar-refractivity contribution in [2.75, 3.05) is 6.61 Å². The predicted octanol–water partition coefficient (Wildman–Crippen LogP) is 1.89. The van der Waals surface area contributed by atoms with Crippen LogP contribution in [0.2, 0.25) is 5.02 Å². The molecule has 0 bridgehead atoms. The summed E-state index contributed by atoms with van der Waals surface area (Å²) in [6.45, 7) is 0.311. The van der Waals surface area contributed by atoms with Crippen molar-refractivity contribution in [2.45, 2.75) is 6.61 Å². The lowest BCUT2D eigenvalue weighted by Gasteiger charge is -2.16. The van der Waals surface area contributed by atoms with Gasteiger partial charge in [0.05, 0.1) is 12.3 Å². The first-order valence-electron chi connectivity index (χ1n) is 5.12.